The van der Waals surface area contributed by atoms with Gasteiger partial charge < -0.3 is 0 Å². The van der Waals surface area contributed by atoms with E-state index in [2.05, 4.69) is 6.92 Å². The number of halogens is 1. The van der Waals surface area contributed by atoms with Gasteiger partial charge in [0.2, 0.25) is 0 Å². The second kappa shape index (κ2) is 2.72. The lowest BCUT2D eigenvalue weighted by molar-refractivity contribution is 0.664. The van der Waals surface area contributed by atoms with E-state index in [9.17, 15) is 0 Å². The molecule has 1 unspecified atom stereocenters. The molecule has 0 aliphatic heterocycles. The molecule has 0 aromatic carbocycles. The molecule has 1 rings (SSSR count). The van der Waals surface area contributed by atoms with E-state index in [1.54, 1.807) is 0 Å². The van der Waals surface area contributed by atoms with Gasteiger partial charge in [-0.2, -0.15) is 0 Å². The predicted molar refractivity (Wildman–Crippen MR) is 37.3 cm³/mol. The first-order chi connectivity index (χ1) is 3.84. The Kier molecular flexibility index (Phi) is 2.18. The fraction of sp³-hybridized carbons (Fsp3) is 1.00. The van der Waals surface area contributed by atoms with Crippen molar-refractivity contribution in [1.29, 1.82) is 0 Å². The Morgan fingerprint density at radius 2 is 2.25 bits per heavy atom. The van der Waals surface area contributed by atoms with Crippen molar-refractivity contribution in [2.45, 2.75) is 38.0 Å². The summed E-state index contributed by atoms with van der Waals surface area (Å²) in [6, 6.07) is 0. The van der Waals surface area contributed by atoms with Gasteiger partial charge in [-0.15, -0.1) is 11.6 Å². The largest absolute Gasteiger partial charge is 0.123 e. The second-order valence-electron chi connectivity index (χ2n) is 2.64. The van der Waals surface area contributed by atoms with E-state index in [4.69, 9.17) is 11.6 Å². The lowest BCUT2D eigenvalue weighted by Gasteiger charge is -2.02. The fourth-order valence-corrected chi connectivity index (χ4v) is 1.44. The van der Waals surface area contributed by atoms with Gasteiger partial charge in [0, 0.05) is 5.38 Å². The van der Waals surface area contributed by atoms with Gasteiger partial charge in [0.1, 0.15) is 0 Å². The minimum atomic E-state index is 0.500. The third-order valence-electron chi connectivity index (χ3n) is 1.70. The normalized spacial score (nSPS) is 23.2. The Labute approximate surface area is 56.2 Å². The lowest BCUT2D eigenvalue weighted by atomic mass is 10.2. The van der Waals surface area contributed by atoms with Crippen molar-refractivity contribution in [1.82, 2.24) is 0 Å². The van der Waals surface area contributed by atoms with E-state index in [1.807, 2.05) is 0 Å². The lowest BCUT2D eigenvalue weighted by Crippen LogP contribution is -1.98. The highest BCUT2D eigenvalue weighted by molar-refractivity contribution is 6.20. The zero-order valence-corrected chi connectivity index (χ0v) is 6.12. The smallest absolute Gasteiger partial charge is 0.0364 e. The highest BCUT2D eigenvalue weighted by Gasteiger charge is 2.28. The number of hydrogen-bond donors (Lipinski definition) is 0. The molecule has 0 bridgehead atoms. The molecule has 0 saturated heterocycles. The third-order valence-corrected chi connectivity index (χ3v) is 2.27. The third kappa shape index (κ3) is 1.66. The minimum absolute atomic E-state index is 0.500. The van der Waals surface area contributed by atoms with E-state index in [0.29, 0.717) is 5.38 Å². The van der Waals surface area contributed by atoms with E-state index >= 15 is 0 Å². The van der Waals surface area contributed by atoms with Crippen LogP contribution in [0.2, 0.25) is 0 Å². The molecule has 1 heteroatoms. The van der Waals surface area contributed by atoms with Gasteiger partial charge in [-0.3, -0.25) is 0 Å². The van der Waals surface area contributed by atoms with Crippen LogP contribution in [-0.4, -0.2) is 5.38 Å². The number of alkyl halides is 1. The summed E-state index contributed by atoms with van der Waals surface area (Å²) in [7, 11) is 0. The molecule has 0 N–H and O–H groups in total. The molecule has 0 radical (unpaired) electrons. The summed E-state index contributed by atoms with van der Waals surface area (Å²) >= 11 is 5.98. The predicted octanol–water partition coefficient (Wildman–Crippen LogP) is 2.80. The molecule has 0 spiro atoms. The van der Waals surface area contributed by atoms with Crippen molar-refractivity contribution in [3.63, 3.8) is 0 Å². The van der Waals surface area contributed by atoms with Crippen LogP contribution in [0.25, 0.3) is 0 Å². The van der Waals surface area contributed by atoms with Crippen LogP contribution in [0.3, 0.4) is 0 Å². The van der Waals surface area contributed by atoms with Crippen molar-refractivity contribution in [2.24, 2.45) is 5.92 Å². The summed E-state index contributed by atoms with van der Waals surface area (Å²) in [5.41, 5.74) is 0. The molecule has 1 aliphatic rings. The average molecular weight is 133 g/mol. The first kappa shape index (κ1) is 6.41. The second-order valence-corrected chi connectivity index (χ2v) is 3.20. The summed E-state index contributed by atoms with van der Waals surface area (Å²) in [5.74, 6) is 0.886. The van der Waals surface area contributed by atoms with Crippen molar-refractivity contribution in [3.05, 3.63) is 0 Å². The Balaban J connectivity index is 2.03. The number of hydrogen-bond acceptors (Lipinski definition) is 0. The molecule has 0 aromatic rings. The Hall–Kier alpha value is 0.290. The molecule has 1 saturated carbocycles. The topological polar surface area (TPSA) is 0 Å². The maximum Gasteiger partial charge on any atom is 0.0364 e. The summed E-state index contributed by atoms with van der Waals surface area (Å²) in [4.78, 5) is 0. The van der Waals surface area contributed by atoms with Crippen LogP contribution in [-0.2, 0) is 0 Å². The van der Waals surface area contributed by atoms with Crippen molar-refractivity contribution in [3.8, 4) is 0 Å². The standard InChI is InChI=1S/C7H13Cl/c1-2-3-7(8)6-4-5-6/h6-7H,2-5H2,1H3. The Morgan fingerprint density at radius 3 is 2.62 bits per heavy atom. The van der Waals surface area contributed by atoms with Gasteiger partial charge >= 0.3 is 0 Å². The van der Waals surface area contributed by atoms with Gasteiger partial charge in [-0.25, -0.2) is 0 Å². The highest BCUT2D eigenvalue weighted by atomic mass is 35.5. The molecule has 1 aliphatic carbocycles. The molecular weight excluding hydrogens is 120 g/mol. The van der Waals surface area contributed by atoms with Crippen LogP contribution in [0.15, 0.2) is 0 Å². The van der Waals surface area contributed by atoms with Crippen LogP contribution >= 0.6 is 11.6 Å². The first-order valence-corrected chi connectivity index (χ1v) is 3.92. The summed E-state index contributed by atoms with van der Waals surface area (Å²) < 4.78 is 0. The summed E-state index contributed by atoms with van der Waals surface area (Å²) in [6.07, 6.45) is 5.22. The molecule has 0 heterocycles. The van der Waals surface area contributed by atoms with E-state index in [-0.39, 0.29) is 0 Å². The zero-order valence-electron chi connectivity index (χ0n) is 5.36. The van der Waals surface area contributed by atoms with Gasteiger partial charge in [0.15, 0.2) is 0 Å². The molecule has 0 aromatic heterocycles. The van der Waals surface area contributed by atoms with E-state index < -0.39 is 0 Å². The van der Waals surface area contributed by atoms with Gasteiger partial charge in [0.25, 0.3) is 0 Å². The summed E-state index contributed by atoms with van der Waals surface area (Å²) in [6.45, 7) is 2.19. The van der Waals surface area contributed by atoms with Crippen molar-refractivity contribution in [2.75, 3.05) is 0 Å². The van der Waals surface area contributed by atoms with Gasteiger partial charge in [-0.05, 0) is 25.2 Å². The fourth-order valence-electron chi connectivity index (χ4n) is 0.969. The minimum Gasteiger partial charge on any atom is -0.123 e. The van der Waals surface area contributed by atoms with Crippen molar-refractivity contribution >= 4 is 11.6 Å². The maximum absolute atomic E-state index is 5.98. The van der Waals surface area contributed by atoms with Gasteiger partial charge in [-0.1, -0.05) is 13.3 Å². The Morgan fingerprint density at radius 1 is 1.62 bits per heavy atom. The Bertz CT molecular complexity index is 66.8. The monoisotopic (exact) mass is 132 g/mol. The molecule has 48 valence electrons. The van der Waals surface area contributed by atoms with Gasteiger partial charge in [0.05, 0.1) is 0 Å². The average Bonchev–Trinajstić information content (AvgIpc) is 2.45. The van der Waals surface area contributed by atoms with Crippen LogP contribution in [0.5, 0.6) is 0 Å². The van der Waals surface area contributed by atoms with E-state index in [1.165, 1.54) is 25.7 Å². The quantitative estimate of drug-likeness (QED) is 0.518. The maximum atomic E-state index is 5.98. The zero-order chi connectivity index (χ0) is 5.98. The molecule has 1 atom stereocenters. The van der Waals surface area contributed by atoms with Crippen LogP contribution < -0.4 is 0 Å². The van der Waals surface area contributed by atoms with Crippen molar-refractivity contribution < 1.29 is 0 Å². The highest BCUT2D eigenvalue weighted by Crippen LogP contribution is 2.37. The number of rotatable bonds is 3. The molecular formula is C7H13Cl. The van der Waals surface area contributed by atoms with Crippen LogP contribution in [0.1, 0.15) is 32.6 Å². The molecule has 8 heavy (non-hydrogen) atoms. The van der Waals surface area contributed by atoms with Crippen LogP contribution in [0.4, 0.5) is 0 Å². The summed E-state index contributed by atoms with van der Waals surface area (Å²) in [5, 5.41) is 0.500. The van der Waals surface area contributed by atoms with E-state index in [0.717, 1.165) is 5.92 Å². The SMILES string of the molecule is CCCC(Cl)C1CC1. The molecule has 0 amide bonds. The molecule has 1 fully saturated rings. The van der Waals surface area contributed by atoms with Crippen LogP contribution in [0, 0.1) is 5.92 Å². The first-order valence-electron chi connectivity index (χ1n) is 3.48. The molecule has 0 nitrogen and oxygen atoms in total.